The highest BCUT2D eigenvalue weighted by atomic mass is 35.5. The van der Waals surface area contributed by atoms with Crippen molar-refractivity contribution in [3.8, 4) is 5.75 Å². The number of halogens is 4. The van der Waals surface area contributed by atoms with E-state index >= 15 is 0 Å². The maximum atomic E-state index is 13.1. The minimum absolute atomic E-state index is 0.0560. The standard InChI is InChI=1S/C19H17Cl2F2N3O4/c20-12-3-4-16(15(21)8-12)30-5-1-2-17(27)25-26-18(28)10-24-19(29)11-6-13(22)9-14(23)7-11/h3-4,6-9H,1-2,5,10H2,(H,24,29)(H,25,27)(H,26,28). The number of ether oxygens (including phenoxy) is 1. The second kappa shape index (κ2) is 11.3. The number of hydrazine groups is 1. The van der Waals surface area contributed by atoms with Gasteiger partial charge < -0.3 is 10.1 Å². The lowest BCUT2D eigenvalue weighted by molar-refractivity contribution is -0.128. The predicted octanol–water partition coefficient (Wildman–Crippen LogP) is 3.01. The molecule has 0 heterocycles. The van der Waals surface area contributed by atoms with Gasteiger partial charge in [-0.05, 0) is 36.8 Å². The van der Waals surface area contributed by atoms with Gasteiger partial charge in [-0.1, -0.05) is 23.2 Å². The zero-order valence-electron chi connectivity index (χ0n) is 15.4. The van der Waals surface area contributed by atoms with Gasteiger partial charge in [0.05, 0.1) is 18.2 Å². The van der Waals surface area contributed by atoms with E-state index in [1.165, 1.54) is 6.07 Å². The maximum absolute atomic E-state index is 13.1. The van der Waals surface area contributed by atoms with Crippen LogP contribution in [0.2, 0.25) is 10.0 Å². The van der Waals surface area contributed by atoms with Crippen LogP contribution in [0.25, 0.3) is 0 Å². The molecule has 0 fully saturated rings. The Labute approximate surface area is 180 Å². The fraction of sp³-hybridized carbons (Fsp3) is 0.211. The molecule has 0 saturated heterocycles. The van der Waals surface area contributed by atoms with Crippen LogP contribution >= 0.6 is 23.2 Å². The number of amides is 3. The van der Waals surface area contributed by atoms with Crippen LogP contribution in [0.3, 0.4) is 0 Å². The lowest BCUT2D eigenvalue weighted by atomic mass is 10.2. The lowest BCUT2D eigenvalue weighted by Gasteiger charge is -2.10. The third-order valence-corrected chi connectivity index (χ3v) is 4.11. The topological polar surface area (TPSA) is 96.5 Å². The van der Waals surface area contributed by atoms with Crippen molar-refractivity contribution in [3.05, 3.63) is 63.6 Å². The fourth-order valence-corrected chi connectivity index (χ4v) is 2.66. The van der Waals surface area contributed by atoms with Gasteiger partial charge in [-0.25, -0.2) is 8.78 Å². The van der Waals surface area contributed by atoms with E-state index in [0.29, 0.717) is 28.3 Å². The van der Waals surface area contributed by atoms with Crippen molar-refractivity contribution in [2.24, 2.45) is 0 Å². The summed E-state index contributed by atoms with van der Waals surface area (Å²) in [5.74, 6) is -3.44. The molecule has 0 aliphatic rings. The maximum Gasteiger partial charge on any atom is 0.257 e. The lowest BCUT2D eigenvalue weighted by Crippen LogP contribution is -2.46. The molecular weight excluding hydrogens is 443 g/mol. The minimum Gasteiger partial charge on any atom is -0.492 e. The number of carbonyl (C=O) groups excluding carboxylic acids is 3. The highest BCUT2D eigenvalue weighted by Crippen LogP contribution is 2.27. The number of carbonyl (C=O) groups is 3. The van der Waals surface area contributed by atoms with Gasteiger partial charge in [0.2, 0.25) is 5.91 Å². The van der Waals surface area contributed by atoms with E-state index in [2.05, 4.69) is 16.2 Å². The summed E-state index contributed by atoms with van der Waals surface area (Å²) in [7, 11) is 0. The Balaban J connectivity index is 1.63. The largest absolute Gasteiger partial charge is 0.492 e. The van der Waals surface area contributed by atoms with Gasteiger partial charge in [0.25, 0.3) is 11.8 Å². The molecule has 30 heavy (non-hydrogen) atoms. The molecule has 11 heteroatoms. The van der Waals surface area contributed by atoms with Gasteiger partial charge in [0, 0.05) is 23.1 Å². The molecule has 3 amide bonds. The number of hydrogen-bond acceptors (Lipinski definition) is 4. The van der Waals surface area contributed by atoms with Crippen molar-refractivity contribution in [1.82, 2.24) is 16.2 Å². The molecule has 0 aromatic heterocycles. The summed E-state index contributed by atoms with van der Waals surface area (Å²) in [4.78, 5) is 35.2. The van der Waals surface area contributed by atoms with Crippen molar-refractivity contribution in [2.45, 2.75) is 12.8 Å². The summed E-state index contributed by atoms with van der Waals surface area (Å²) in [6.07, 6.45) is 0.406. The smallest absolute Gasteiger partial charge is 0.257 e. The molecule has 0 unspecified atom stereocenters. The summed E-state index contributed by atoms with van der Waals surface area (Å²) >= 11 is 11.7. The molecule has 7 nitrogen and oxygen atoms in total. The molecule has 0 aliphatic carbocycles. The molecule has 3 N–H and O–H groups in total. The van der Waals surface area contributed by atoms with Gasteiger partial charge in [0.15, 0.2) is 0 Å². The normalized spacial score (nSPS) is 10.3. The van der Waals surface area contributed by atoms with Crippen molar-refractivity contribution < 1.29 is 27.9 Å². The summed E-state index contributed by atoms with van der Waals surface area (Å²) in [6.45, 7) is -0.293. The Kier molecular flexibility index (Phi) is 8.82. The Hall–Kier alpha value is -2.91. The molecule has 0 atom stereocenters. The van der Waals surface area contributed by atoms with Gasteiger partial charge in [-0.15, -0.1) is 0 Å². The van der Waals surface area contributed by atoms with Gasteiger partial charge >= 0.3 is 0 Å². The first kappa shape index (κ1) is 23.4. The van der Waals surface area contributed by atoms with E-state index < -0.39 is 35.9 Å². The third-order valence-electron chi connectivity index (χ3n) is 3.58. The van der Waals surface area contributed by atoms with Crippen molar-refractivity contribution in [1.29, 1.82) is 0 Å². The van der Waals surface area contributed by atoms with Crippen molar-refractivity contribution in [3.63, 3.8) is 0 Å². The van der Waals surface area contributed by atoms with E-state index in [0.717, 1.165) is 12.1 Å². The van der Waals surface area contributed by atoms with E-state index in [4.69, 9.17) is 27.9 Å². The van der Waals surface area contributed by atoms with E-state index in [1.54, 1.807) is 12.1 Å². The Morgan fingerprint density at radius 3 is 2.27 bits per heavy atom. The van der Waals surface area contributed by atoms with Gasteiger partial charge in [0.1, 0.15) is 17.4 Å². The van der Waals surface area contributed by atoms with Gasteiger partial charge in [-0.2, -0.15) is 0 Å². The second-order valence-electron chi connectivity index (χ2n) is 5.96. The SMILES string of the molecule is O=C(CCCOc1ccc(Cl)cc1Cl)NNC(=O)CNC(=O)c1cc(F)cc(F)c1. The van der Waals surface area contributed by atoms with Crippen LogP contribution in [0.15, 0.2) is 36.4 Å². The number of nitrogens with one attached hydrogen (secondary N) is 3. The first-order valence-corrected chi connectivity index (χ1v) is 9.40. The summed E-state index contributed by atoms with van der Waals surface area (Å²) in [5, 5.41) is 3.00. The Morgan fingerprint density at radius 1 is 0.933 bits per heavy atom. The summed E-state index contributed by atoms with van der Waals surface area (Å²) in [5.41, 5.74) is 4.01. The van der Waals surface area contributed by atoms with Crippen LogP contribution in [-0.2, 0) is 9.59 Å². The Morgan fingerprint density at radius 2 is 1.60 bits per heavy atom. The van der Waals surface area contributed by atoms with E-state index in [9.17, 15) is 23.2 Å². The Bertz CT molecular complexity index is 924. The van der Waals surface area contributed by atoms with Crippen LogP contribution in [0.4, 0.5) is 8.78 Å². The molecule has 0 aliphatic heterocycles. The number of hydrogen-bond donors (Lipinski definition) is 3. The number of rotatable bonds is 8. The first-order chi connectivity index (χ1) is 14.2. The minimum atomic E-state index is -0.917. The monoisotopic (exact) mass is 459 g/mol. The highest BCUT2D eigenvalue weighted by Gasteiger charge is 2.11. The highest BCUT2D eigenvalue weighted by molar-refractivity contribution is 6.35. The molecule has 2 rings (SSSR count). The van der Waals surface area contributed by atoms with Crippen LogP contribution in [0, 0.1) is 11.6 Å². The molecule has 0 saturated carbocycles. The fourth-order valence-electron chi connectivity index (χ4n) is 2.20. The van der Waals surface area contributed by atoms with E-state index in [-0.39, 0.29) is 18.6 Å². The van der Waals surface area contributed by atoms with E-state index in [1.807, 2.05) is 0 Å². The predicted molar refractivity (Wildman–Crippen MR) is 106 cm³/mol. The van der Waals surface area contributed by atoms with Crippen LogP contribution in [0.5, 0.6) is 5.75 Å². The van der Waals surface area contributed by atoms with Crippen molar-refractivity contribution in [2.75, 3.05) is 13.2 Å². The van der Waals surface area contributed by atoms with Crippen LogP contribution in [0.1, 0.15) is 23.2 Å². The zero-order chi connectivity index (χ0) is 22.1. The first-order valence-electron chi connectivity index (χ1n) is 8.64. The molecular formula is C19H17Cl2F2N3O4. The van der Waals surface area contributed by atoms with Gasteiger partial charge in [-0.3, -0.25) is 25.2 Å². The molecule has 0 radical (unpaired) electrons. The quantitative estimate of drug-likeness (QED) is 0.417. The van der Waals surface area contributed by atoms with Crippen molar-refractivity contribution >= 4 is 40.9 Å². The molecule has 0 bridgehead atoms. The zero-order valence-corrected chi connectivity index (χ0v) is 16.9. The van der Waals surface area contributed by atoms with Crippen LogP contribution < -0.4 is 20.9 Å². The third kappa shape index (κ3) is 7.84. The molecule has 160 valence electrons. The molecule has 2 aromatic carbocycles. The van der Waals surface area contributed by atoms with Crippen LogP contribution in [-0.4, -0.2) is 30.9 Å². The number of benzene rings is 2. The average Bonchev–Trinajstić information content (AvgIpc) is 2.68. The summed E-state index contributed by atoms with van der Waals surface area (Å²) < 4.78 is 31.6. The molecule has 2 aromatic rings. The molecule has 0 spiro atoms. The second-order valence-corrected chi connectivity index (χ2v) is 6.81. The average molecular weight is 460 g/mol. The summed E-state index contributed by atoms with van der Waals surface area (Å²) in [6, 6.07) is 7.04.